The van der Waals surface area contributed by atoms with E-state index >= 15 is 0 Å². The molecule has 0 aliphatic rings. The summed E-state index contributed by atoms with van der Waals surface area (Å²) in [7, 11) is -9.16. The summed E-state index contributed by atoms with van der Waals surface area (Å²) in [5.41, 5.74) is 3.46. The topological polar surface area (TPSA) is 253 Å². The summed E-state index contributed by atoms with van der Waals surface area (Å²) in [4.78, 5) is 28.1. The van der Waals surface area contributed by atoms with Gasteiger partial charge in [-0.05, 0) is 112 Å². The first-order valence-corrected chi connectivity index (χ1v) is 22.3. The second-order valence-electron chi connectivity index (χ2n) is 13.3. The number of unbranched alkanes of at least 4 members (excludes halogenated alkanes) is 3. The summed E-state index contributed by atoms with van der Waals surface area (Å²) in [5.74, 6) is 0. The lowest BCUT2D eigenvalue weighted by Crippen LogP contribution is -2.41. The number of hydrogen-bond acceptors (Lipinski definition) is 14. The third kappa shape index (κ3) is 16.4. The van der Waals surface area contributed by atoms with Crippen molar-refractivity contribution in [1.82, 2.24) is 21.3 Å². The fourth-order valence-electron chi connectivity index (χ4n) is 5.77. The number of anilines is 2. The Bertz CT molecular complexity index is 2110. The maximum absolute atomic E-state index is 12.3. The molecule has 0 saturated heterocycles. The fourth-order valence-corrected chi connectivity index (χ4v) is 6.80. The quantitative estimate of drug-likeness (QED) is 0.0343. The van der Waals surface area contributed by atoms with E-state index in [0.29, 0.717) is 63.7 Å². The van der Waals surface area contributed by atoms with Crippen LogP contribution < -0.4 is 31.1 Å². The van der Waals surface area contributed by atoms with Crippen LogP contribution in [-0.2, 0) is 20.2 Å². The summed E-state index contributed by atoms with van der Waals surface area (Å²) >= 11 is 0. The van der Waals surface area contributed by atoms with Gasteiger partial charge in [0.15, 0.2) is 0 Å². The van der Waals surface area contributed by atoms with E-state index in [4.69, 9.17) is 0 Å². The molecule has 4 rings (SSSR count). The third-order valence-electron chi connectivity index (χ3n) is 8.98. The van der Waals surface area contributed by atoms with E-state index in [-0.39, 0.29) is 33.2 Å². The van der Waals surface area contributed by atoms with E-state index in [1.54, 1.807) is 36.4 Å². The van der Waals surface area contributed by atoms with Gasteiger partial charge in [-0.25, -0.2) is 26.4 Å². The molecular formula is C40H50N10O8S2-2. The maximum Gasteiger partial charge on any atom is 0.314 e. The van der Waals surface area contributed by atoms with Crippen molar-refractivity contribution in [2.24, 2.45) is 20.5 Å². The van der Waals surface area contributed by atoms with Crippen LogP contribution in [0.5, 0.6) is 0 Å². The Morgan fingerprint density at radius 2 is 0.850 bits per heavy atom. The highest BCUT2D eigenvalue weighted by atomic mass is 32.2. The lowest BCUT2D eigenvalue weighted by Gasteiger charge is -2.23. The molecule has 0 heterocycles. The van der Waals surface area contributed by atoms with Crippen LogP contribution in [0.3, 0.4) is 0 Å². The van der Waals surface area contributed by atoms with Crippen LogP contribution in [0.1, 0.15) is 39.5 Å². The Balaban J connectivity index is 1.02. The molecule has 0 bridgehead atoms. The van der Waals surface area contributed by atoms with E-state index in [0.717, 1.165) is 37.1 Å². The number of urea groups is 2. The summed E-state index contributed by atoms with van der Waals surface area (Å²) in [5, 5.41) is 27.8. The zero-order valence-corrected chi connectivity index (χ0v) is 35.1. The van der Waals surface area contributed by atoms with Gasteiger partial charge in [0.25, 0.3) is 0 Å². The van der Waals surface area contributed by atoms with Crippen molar-refractivity contribution in [3.8, 4) is 0 Å². The van der Waals surface area contributed by atoms with Gasteiger partial charge in [-0.3, -0.25) is 0 Å². The largest absolute Gasteiger partial charge is 0.744 e. The molecule has 4 N–H and O–H groups in total. The van der Waals surface area contributed by atoms with Crippen molar-refractivity contribution < 1.29 is 35.5 Å². The normalized spacial score (nSPS) is 11.7. The third-order valence-corrected chi connectivity index (χ3v) is 10.6. The number of amides is 4. The average molecular weight is 863 g/mol. The number of carbonyl (C=O) groups is 2. The van der Waals surface area contributed by atoms with Crippen LogP contribution in [0, 0.1) is 0 Å². The minimum atomic E-state index is -4.58. The maximum atomic E-state index is 12.3. The van der Waals surface area contributed by atoms with Gasteiger partial charge >= 0.3 is 12.1 Å². The van der Waals surface area contributed by atoms with E-state index in [1.165, 1.54) is 36.4 Å². The number of nitrogens with zero attached hydrogens (tertiary/aromatic N) is 6. The summed E-state index contributed by atoms with van der Waals surface area (Å²) in [6, 6.07) is 24.8. The standard InChI is InChI=1S/C40H52N10O8S2/c1-3-49(35-19-15-31(16-20-35)45-47-33-11-9-13-37(29-33)59(53,54)55)27-25-43-39(51)41-23-7-5-6-8-24-42-40(52)44-26-28-50(4-2)36-21-17-32(18-22-36)46-48-34-12-10-14-38(30-34)60(56,57)58/h9-22,29-30H,3-8,23-28H2,1-2H3,(H2,41,43,51)(H2,42,44,52)(H,53,54,55)(H,56,57,58)/p-2. The van der Waals surface area contributed by atoms with Gasteiger partial charge in [0.2, 0.25) is 0 Å². The molecule has 4 amide bonds. The minimum Gasteiger partial charge on any atom is -0.744 e. The number of hydrogen-bond donors (Lipinski definition) is 4. The molecular weight excluding hydrogens is 813 g/mol. The Kier molecular flexibility index (Phi) is 18.4. The second-order valence-corrected chi connectivity index (χ2v) is 16.0. The average Bonchev–Trinajstić information content (AvgIpc) is 3.23. The lowest BCUT2D eigenvalue weighted by atomic mass is 10.2. The summed E-state index contributed by atoms with van der Waals surface area (Å²) in [6.45, 7) is 8.58. The van der Waals surface area contributed by atoms with Crippen molar-refractivity contribution in [3.05, 3.63) is 97.1 Å². The number of rotatable bonds is 23. The monoisotopic (exact) mass is 862 g/mol. The van der Waals surface area contributed by atoms with Gasteiger partial charge in [-0.1, -0.05) is 25.0 Å². The number of benzene rings is 4. The van der Waals surface area contributed by atoms with Gasteiger partial charge in [0.05, 0.1) is 32.5 Å². The van der Waals surface area contributed by atoms with Crippen molar-refractivity contribution in [2.75, 3.05) is 62.2 Å². The van der Waals surface area contributed by atoms with E-state index in [9.17, 15) is 35.5 Å². The van der Waals surface area contributed by atoms with Gasteiger partial charge in [0.1, 0.15) is 20.2 Å². The molecule has 4 aromatic carbocycles. The molecule has 0 aliphatic heterocycles. The molecule has 0 spiro atoms. The molecule has 0 atom stereocenters. The van der Waals surface area contributed by atoms with Crippen LogP contribution in [0.2, 0.25) is 0 Å². The Morgan fingerprint density at radius 1 is 0.500 bits per heavy atom. The molecule has 20 heteroatoms. The molecule has 0 saturated carbocycles. The van der Waals surface area contributed by atoms with Crippen LogP contribution in [0.4, 0.5) is 43.7 Å². The lowest BCUT2D eigenvalue weighted by molar-refractivity contribution is 0.239. The second kappa shape index (κ2) is 23.6. The molecule has 0 aliphatic carbocycles. The molecule has 0 radical (unpaired) electrons. The van der Waals surface area contributed by atoms with Gasteiger partial charge in [0, 0.05) is 63.7 Å². The van der Waals surface area contributed by atoms with Crippen molar-refractivity contribution in [2.45, 2.75) is 49.3 Å². The van der Waals surface area contributed by atoms with E-state index < -0.39 is 20.2 Å². The predicted molar refractivity (Wildman–Crippen MR) is 227 cm³/mol. The highest BCUT2D eigenvalue weighted by Gasteiger charge is 2.09. The van der Waals surface area contributed by atoms with E-state index in [2.05, 4.69) is 51.5 Å². The molecule has 60 heavy (non-hydrogen) atoms. The highest BCUT2D eigenvalue weighted by Crippen LogP contribution is 2.25. The van der Waals surface area contributed by atoms with Gasteiger partial charge < -0.3 is 40.2 Å². The number of nitrogens with one attached hydrogen (secondary N) is 4. The fraction of sp³-hybridized carbons (Fsp3) is 0.350. The van der Waals surface area contributed by atoms with Gasteiger partial charge in [-0.2, -0.15) is 20.5 Å². The first-order valence-electron chi connectivity index (χ1n) is 19.4. The summed E-state index contributed by atoms with van der Waals surface area (Å²) in [6.07, 6.45) is 3.43. The molecule has 0 aromatic heterocycles. The zero-order valence-electron chi connectivity index (χ0n) is 33.5. The highest BCUT2D eigenvalue weighted by molar-refractivity contribution is 7.86. The van der Waals surface area contributed by atoms with Crippen LogP contribution in [0.15, 0.2) is 127 Å². The predicted octanol–water partition coefficient (Wildman–Crippen LogP) is 6.84. The van der Waals surface area contributed by atoms with E-state index in [1.807, 2.05) is 38.1 Å². The first kappa shape index (κ1) is 46.7. The number of azo groups is 2. The first-order chi connectivity index (χ1) is 28.7. The Hall–Kier alpha value is -5.96. The number of carbonyl (C=O) groups excluding carboxylic acids is 2. The Labute approximate surface area is 351 Å². The van der Waals surface area contributed by atoms with Gasteiger partial charge in [-0.15, -0.1) is 0 Å². The Morgan fingerprint density at radius 3 is 1.20 bits per heavy atom. The minimum absolute atomic E-state index is 0.239. The van der Waals surface area contributed by atoms with Crippen molar-refractivity contribution in [1.29, 1.82) is 0 Å². The SMILES string of the molecule is CCN(CCNC(=O)NCCCCCCNC(=O)NCCN(CC)c1ccc(N=Nc2cccc(S(=O)(=O)[O-])c2)cc1)c1ccc(N=Nc2cccc(S(=O)(=O)[O-])c2)cc1. The zero-order chi connectivity index (χ0) is 43.4. The molecule has 18 nitrogen and oxygen atoms in total. The number of likely N-dealkylation sites (N-methyl/N-ethyl adjacent to an activating group) is 2. The summed E-state index contributed by atoms with van der Waals surface area (Å²) < 4.78 is 67.5. The van der Waals surface area contributed by atoms with Crippen LogP contribution in [-0.4, -0.2) is 90.4 Å². The molecule has 322 valence electrons. The molecule has 0 fully saturated rings. The molecule has 4 aromatic rings. The van der Waals surface area contributed by atoms with Crippen LogP contribution in [0.25, 0.3) is 0 Å². The van der Waals surface area contributed by atoms with Crippen molar-refractivity contribution >= 4 is 66.4 Å². The van der Waals surface area contributed by atoms with Crippen LogP contribution >= 0.6 is 0 Å². The smallest absolute Gasteiger partial charge is 0.314 e. The molecule has 0 unspecified atom stereocenters. The van der Waals surface area contributed by atoms with Crippen molar-refractivity contribution in [3.63, 3.8) is 0 Å².